The molecule has 2 aromatic heterocycles. The van der Waals surface area contributed by atoms with Gasteiger partial charge in [0.1, 0.15) is 22.9 Å². The third-order valence-electron chi connectivity index (χ3n) is 4.41. The lowest BCUT2D eigenvalue weighted by molar-refractivity contribution is 0.415. The summed E-state index contributed by atoms with van der Waals surface area (Å²) in [7, 11) is 3.21. The van der Waals surface area contributed by atoms with Crippen molar-refractivity contribution < 1.29 is 9.47 Å². The molecule has 0 aliphatic heterocycles. The molecule has 30 heavy (non-hydrogen) atoms. The lowest BCUT2D eigenvalue weighted by Gasteiger charge is -2.10. The fourth-order valence-electron chi connectivity index (χ4n) is 2.83. The minimum atomic E-state index is -0.277. The van der Waals surface area contributed by atoms with Gasteiger partial charge in [-0.25, -0.2) is 4.98 Å². The molecule has 0 radical (unpaired) electrons. The number of aliphatic imine (C=N–C) groups is 1. The Labute approximate surface area is 172 Å². The smallest absolute Gasteiger partial charge is 0.270 e. The van der Waals surface area contributed by atoms with E-state index in [9.17, 15) is 4.79 Å². The van der Waals surface area contributed by atoms with E-state index < -0.39 is 0 Å². The van der Waals surface area contributed by atoms with Gasteiger partial charge in [-0.1, -0.05) is 0 Å². The highest BCUT2D eigenvalue weighted by Crippen LogP contribution is 2.21. The number of fused-ring (bicyclic) bond motifs is 1. The predicted octanol–water partition coefficient (Wildman–Crippen LogP) is 3.60. The SMILES string of the molecule is COc1ccc(N=Cc2c(Nc3ccc(OC)cc3)nc3ncccn3c2=O)cc1. The molecule has 2 heterocycles. The first kappa shape index (κ1) is 19.1. The second kappa shape index (κ2) is 8.44. The van der Waals surface area contributed by atoms with Crippen molar-refractivity contribution in [3.05, 3.63) is 82.9 Å². The summed E-state index contributed by atoms with van der Waals surface area (Å²) in [6.07, 6.45) is 4.71. The number of nitrogens with zero attached hydrogens (tertiary/aromatic N) is 4. The van der Waals surface area contributed by atoms with Crippen molar-refractivity contribution in [2.45, 2.75) is 0 Å². The van der Waals surface area contributed by atoms with Crippen LogP contribution in [0, 0.1) is 0 Å². The van der Waals surface area contributed by atoms with Gasteiger partial charge in [-0.15, -0.1) is 0 Å². The number of ether oxygens (including phenoxy) is 2. The Kier molecular flexibility index (Phi) is 5.38. The van der Waals surface area contributed by atoms with Crippen LogP contribution in [-0.4, -0.2) is 34.8 Å². The van der Waals surface area contributed by atoms with Crippen LogP contribution in [0.15, 0.2) is 76.8 Å². The van der Waals surface area contributed by atoms with E-state index in [1.165, 1.54) is 10.6 Å². The fourth-order valence-corrected chi connectivity index (χ4v) is 2.83. The van der Waals surface area contributed by atoms with Crippen LogP contribution >= 0.6 is 0 Å². The molecule has 2 aromatic carbocycles. The molecule has 0 saturated carbocycles. The number of hydrogen-bond acceptors (Lipinski definition) is 7. The predicted molar refractivity (Wildman–Crippen MR) is 116 cm³/mol. The second-order valence-corrected chi connectivity index (χ2v) is 6.28. The highest BCUT2D eigenvalue weighted by atomic mass is 16.5. The molecule has 0 spiro atoms. The monoisotopic (exact) mass is 401 g/mol. The Balaban J connectivity index is 1.76. The van der Waals surface area contributed by atoms with Crippen LogP contribution in [0.4, 0.5) is 17.2 Å². The van der Waals surface area contributed by atoms with Gasteiger partial charge in [-0.2, -0.15) is 4.98 Å². The zero-order valence-electron chi connectivity index (χ0n) is 16.4. The number of aromatic nitrogens is 3. The van der Waals surface area contributed by atoms with Crippen molar-refractivity contribution in [3.8, 4) is 11.5 Å². The van der Waals surface area contributed by atoms with Gasteiger partial charge in [0.2, 0.25) is 5.78 Å². The Hall–Kier alpha value is -4.20. The standard InChI is InChI=1S/C22H19N5O3/c1-29-17-8-4-15(5-9-17)24-14-19-20(25-16-6-10-18(30-2)11-7-16)26-22-23-12-3-13-27(22)21(19)28/h3-14,25H,1-2H3. The Bertz CT molecular complexity index is 1250. The summed E-state index contributed by atoms with van der Waals surface area (Å²) >= 11 is 0. The van der Waals surface area contributed by atoms with Crippen LogP contribution in [-0.2, 0) is 0 Å². The molecule has 4 aromatic rings. The van der Waals surface area contributed by atoms with Gasteiger partial charge in [0.25, 0.3) is 5.56 Å². The van der Waals surface area contributed by atoms with E-state index in [0.29, 0.717) is 22.8 Å². The Morgan fingerprint density at radius 2 is 1.67 bits per heavy atom. The second-order valence-electron chi connectivity index (χ2n) is 6.28. The first-order chi connectivity index (χ1) is 14.7. The van der Waals surface area contributed by atoms with Crippen molar-refractivity contribution >= 4 is 29.2 Å². The summed E-state index contributed by atoms with van der Waals surface area (Å²) in [5.41, 5.74) is 1.47. The van der Waals surface area contributed by atoms with Crippen molar-refractivity contribution in [2.24, 2.45) is 4.99 Å². The Morgan fingerprint density at radius 3 is 2.33 bits per heavy atom. The molecule has 0 atom stereocenters. The van der Waals surface area contributed by atoms with E-state index in [0.717, 1.165) is 17.2 Å². The van der Waals surface area contributed by atoms with Gasteiger partial charge in [-0.05, 0) is 54.6 Å². The summed E-state index contributed by atoms with van der Waals surface area (Å²) in [6, 6.07) is 16.2. The molecule has 0 fully saturated rings. The maximum absolute atomic E-state index is 13.1. The van der Waals surface area contributed by atoms with Gasteiger partial charge < -0.3 is 14.8 Å². The zero-order chi connectivity index (χ0) is 20.9. The maximum Gasteiger partial charge on any atom is 0.270 e. The number of anilines is 2. The molecule has 1 N–H and O–H groups in total. The van der Waals surface area contributed by atoms with Crippen molar-refractivity contribution in [2.75, 3.05) is 19.5 Å². The molecule has 0 bridgehead atoms. The van der Waals surface area contributed by atoms with Gasteiger partial charge in [0, 0.05) is 24.3 Å². The molecular formula is C22H19N5O3. The number of benzene rings is 2. The molecule has 150 valence electrons. The third kappa shape index (κ3) is 3.97. The van der Waals surface area contributed by atoms with Crippen molar-refractivity contribution in [1.82, 2.24) is 14.4 Å². The lowest BCUT2D eigenvalue weighted by Crippen LogP contribution is -2.22. The molecule has 0 unspecified atom stereocenters. The molecule has 0 aliphatic carbocycles. The lowest BCUT2D eigenvalue weighted by atomic mass is 10.2. The van der Waals surface area contributed by atoms with E-state index in [2.05, 4.69) is 20.3 Å². The van der Waals surface area contributed by atoms with E-state index in [4.69, 9.17) is 9.47 Å². The van der Waals surface area contributed by atoms with Crippen LogP contribution in [0.5, 0.6) is 11.5 Å². The van der Waals surface area contributed by atoms with Gasteiger partial charge >= 0.3 is 0 Å². The summed E-state index contributed by atoms with van der Waals surface area (Å²) in [6.45, 7) is 0. The molecule has 8 nitrogen and oxygen atoms in total. The van der Waals surface area contributed by atoms with E-state index in [1.807, 2.05) is 24.3 Å². The maximum atomic E-state index is 13.1. The van der Waals surface area contributed by atoms with Crippen LogP contribution < -0.4 is 20.3 Å². The summed E-state index contributed by atoms with van der Waals surface area (Å²) in [4.78, 5) is 26.2. The largest absolute Gasteiger partial charge is 0.497 e. The normalized spacial score (nSPS) is 11.0. The summed E-state index contributed by atoms with van der Waals surface area (Å²) in [5.74, 6) is 2.12. The number of methoxy groups -OCH3 is 2. The topological polar surface area (TPSA) is 90.1 Å². The van der Waals surface area contributed by atoms with Gasteiger partial charge in [0.15, 0.2) is 0 Å². The third-order valence-corrected chi connectivity index (χ3v) is 4.41. The van der Waals surface area contributed by atoms with E-state index in [1.54, 1.807) is 56.9 Å². The summed E-state index contributed by atoms with van der Waals surface area (Å²) in [5, 5.41) is 3.18. The first-order valence-corrected chi connectivity index (χ1v) is 9.14. The Morgan fingerprint density at radius 1 is 1.00 bits per heavy atom. The molecule has 8 heteroatoms. The molecule has 4 rings (SSSR count). The van der Waals surface area contributed by atoms with Crippen LogP contribution in [0.2, 0.25) is 0 Å². The highest BCUT2D eigenvalue weighted by Gasteiger charge is 2.12. The van der Waals surface area contributed by atoms with Crippen LogP contribution in [0.25, 0.3) is 5.78 Å². The van der Waals surface area contributed by atoms with Crippen LogP contribution in [0.1, 0.15) is 5.56 Å². The highest BCUT2D eigenvalue weighted by molar-refractivity contribution is 5.89. The number of rotatable bonds is 6. The molecule has 0 saturated heterocycles. The molecule has 0 aliphatic rings. The van der Waals surface area contributed by atoms with Crippen molar-refractivity contribution in [3.63, 3.8) is 0 Å². The van der Waals surface area contributed by atoms with Crippen molar-refractivity contribution in [1.29, 1.82) is 0 Å². The number of hydrogen-bond donors (Lipinski definition) is 1. The fraction of sp³-hybridized carbons (Fsp3) is 0.0909. The van der Waals surface area contributed by atoms with Gasteiger partial charge in [0.05, 0.1) is 19.9 Å². The average molecular weight is 401 g/mol. The van der Waals surface area contributed by atoms with E-state index >= 15 is 0 Å². The van der Waals surface area contributed by atoms with E-state index in [-0.39, 0.29) is 5.56 Å². The minimum Gasteiger partial charge on any atom is -0.497 e. The molecular weight excluding hydrogens is 382 g/mol. The van der Waals surface area contributed by atoms with Gasteiger partial charge in [-0.3, -0.25) is 14.2 Å². The van der Waals surface area contributed by atoms with Crippen LogP contribution in [0.3, 0.4) is 0 Å². The quantitative estimate of drug-likeness (QED) is 0.497. The summed E-state index contributed by atoms with van der Waals surface area (Å²) < 4.78 is 11.7. The average Bonchev–Trinajstić information content (AvgIpc) is 2.80. The first-order valence-electron chi connectivity index (χ1n) is 9.14. The zero-order valence-corrected chi connectivity index (χ0v) is 16.4. The number of nitrogens with one attached hydrogen (secondary N) is 1. The molecule has 0 amide bonds. The minimum absolute atomic E-state index is 0.277.